The average Bonchev–Trinajstić information content (AvgIpc) is 3.47. The number of hydrogen-bond donors (Lipinski definition) is 2. The number of hydrogen-bond acceptors (Lipinski definition) is 12. The van der Waals surface area contributed by atoms with E-state index in [0.29, 0.717) is 62.8 Å². The number of methoxy groups -OCH3 is 3. The maximum absolute atomic E-state index is 13.4. The Morgan fingerprint density at radius 2 is 1.88 bits per heavy atom. The number of nitrogens with two attached hydrogens (primary N) is 1. The predicted molar refractivity (Wildman–Crippen MR) is 164 cm³/mol. The number of carbonyl (C=O) groups is 2. The summed E-state index contributed by atoms with van der Waals surface area (Å²) in [5.41, 5.74) is 10.6. The van der Waals surface area contributed by atoms with Gasteiger partial charge in [0, 0.05) is 35.5 Å². The van der Waals surface area contributed by atoms with Gasteiger partial charge in [-0.15, -0.1) is 10.2 Å². The number of anilines is 2. The van der Waals surface area contributed by atoms with E-state index in [0.717, 1.165) is 16.8 Å². The third-order valence-electron chi connectivity index (χ3n) is 7.28. The van der Waals surface area contributed by atoms with E-state index < -0.39 is 5.92 Å². The van der Waals surface area contributed by atoms with Crippen LogP contribution in [0.15, 0.2) is 63.4 Å². The fourth-order valence-electron chi connectivity index (χ4n) is 5.36. The molecule has 43 heavy (non-hydrogen) atoms. The number of carbonyl (C=O) groups excluding carboxylic acids is 2. The van der Waals surface area contributed by atoms with Gasteiger partial charge in [-0.1, -0.05) is 47.4 Å². The molecular weight excluding hydrogens is 589 g/mol. The van der Waals surface area contributed by atoms with Crippen molar-refractivity contribution >= 4 is 45.6 Å². The molecule has 1 aromatic heterocycles. The lowest BCUT2D eigenvalue weighted by Crippen LogP contribution is -2.38. The van der Waals surface area contributed by atoms with Crippen LogP contribution >= 0.6 is 23.1 Å². The number of amides is 1. The Labute approximate surface area is 257 Å². The lowest BCUT2D eigenvalue weighted by atomic mass is 9.75. The fourth-order valence-corrected chi connectivity index (χ4v) is 7.04. The van der Waals surface area contributed by atoms with Crippen LogP contribution in [0.4, 0.5) is 10.8 Å². The maximum atomic E-state index is 13.4. The molecule has 2 aromatic carbocycles. The van der Waals surface area contributed by atoms with E-state index in [1.807, 2.05) is 31.2 Å². The molecule has 0 bridgehead atoms. The molecule has 0 fully saturated rings. The highest BCUT2D eigenvalue weighted by molar-refractivity contribution is 8.01. The molecule has 1 unspecified atom stereocenters. The van der Waals surface area contributed by atoms with E-state index in [-0.39, 0.29) is 23.3 Å². The summed E-state index contributed by atoms with van der Waals surface area (Å²) in [5, 5.41) is 22.1. The minimum absolute atomic E-state index is 0.00216. The van der Waals surface area contributed by atoms with E-state index in [2.05, 4.69) is 21.6 Å². The van der Waals surface area contributed by atoms with Crippen LogP contribution in [-0.4, -0.2) is 49.0 Å². The monoisotopic (exact) mass is 618 g/mol. The Bertz CT molecular complexity index is 1670. The van der Waals surface area contributed by atoms with Gasteiger partial charge in [0.05, 0.1) is 44.6 Å². The summed E-state index contributed by atoms with van der Waals surface area (Å²) in [4.78, 5) is 27.8. The van der Waals surface area contributed by atoms with Crippen molar-refractivity contribution < 1.29 is 23.8 Å². The Hall–Kier alpha value is -4.54. The number of nitrogens with one attached hydrogen (secondary N) is 1. The van der Waals surface area contributed by atoms with E-state index >= 15 is 0 Å². The Morgan fingerprint density at radius 1 is 1.16 bits per heavy atom. The number of nitriles is 1. The second-order valence-electron chi connectivity index (χ2n) is 9.77. The van der Waals surface area contributed by atoms with Crippen LogP contribution in [0.25, 0.3) is 0 Å². The van der Waals surface area contributed by atoms with E-state index in [1.54, 1.807) is 17.0 Å². The van der Waals surface area contributed by atoms with Crippen molar-refractivity contribution in [2.24, 2.45) is 5.73 Å². The van der Waals surface area contributed by atoms with Crippen molar-refractivity contribution in [2.75, 3.05) is 37.3 Å². The molecule has 1 aliphatic carbocycles. The van der Waals surface area contributed by atoms with Gasteiger partial charge >= 0.3 is 0 Å². The first-order valence-electron chi connectivity index (χ1n) is 13.4. The van der Waals surface area contributed by atoms with Crippen LogP contribution in [0.3, 0.4) is 0 Å². The molecule has 0 saturated carbocycles. The zero-order valence-corrected chi connectivity index (χ0v) is 25.7. The second-order valence-corrected chi connectivity index (χ2v) is 12.0. The summed E-state index contributed by atoms with van der Waals surface area (Å²) in [6.07, 6.45) is 1.69. The molecule has 3 N–H and O–H groups in total. The average molecular weight is 619 g/mol. The standard InChI is InChI=1S/C30H30N6O5S2/c1-16-8-5-6-9-18(16)25-19(14-31)28(32)36(20-10-7-11-21(37)26(20)25)29-34-35-30(43-29)42-15-24(38)33-17-12-22(39-2)27(41-4)23(13-17)40-3/h5-6,8-9,12-13,25H,7,10-11,15,32H2,1-4H3,(H,33,38). The van der Waals surface area contributed by atoms with Gasteiger partial charge in [-0.2, -0.15) is 5.26 Å². The summed E-state index contributed by atoms with van der Waals surface area (Å²) in [5.74, 6) is 0.743. The molecule has 2 aliphatic rings. The third-order valence-corrected chi connectivity index (χ3v) is 9.32. The van der Waals surface area contributed by atoms with E-state index in [4.69, 9.17) is 19.9 Å². The summed E-state index contributed by atoms with van der Waals surface area (Å²) < 4.78 is 16.6. The van der Waals surface area contributed by atoms with Gasteiger partial charge in [-0.3, -0.25) is 14.5 Å². The zero-order valence-electron chi connectivity index (χ0n) is 24.1. The number of aromatic nitrogens is 2. The summed E-state index contributed by atoms with van der Waals surface area (Å²) in [6, 6.07) is 13.3. The molecule has 2 heterocycles. The normalized spacial score (nSPS) is 16.5. The van der Waals surface area contributed by atoms with Crippen molar-refractivity contribution in [3.63, 3.8) is 0 Å². The second kappa shape index (κ2) is 12.8. The number of nitrogens with zero attached hydrogens (tertiary/aromatic N) is 4. The number of ketones is 1. The first-order chi connectivity index (χ1) is 20.8. The first-order valence-corrected chi connectivity index (χ1v) is 15.2. The van der Waals surface area contributed by atoms with Gasteiger partial charge in [0.15, 0.2) is 21.6 Å². The number of aryl methyl sites for hydroxylation is 1. The van der Waals surface area contributed by atoms with E-state index in [9.17, 15) is 14.9 Å². The largest absolute Gasteiger partial charge is 0.493 e. The maximum Gasteiger partial charge on any atom is 0.234 e. The van der Waals surface area contributed by atoms with Crippen LogP contribution in [0.1, 0.15) is 36.3 Å². The van der Waals surface area contributed by atoms with Gasteiger partial charge in [-0.05, 0) is 30.9 Å². The SMILES string of the molecule is COc1cc(NC(=O)CSc2nnc(N3C(N)=C(C#N)C(c4ccccc4C)C4=C3CCCC4=O)s2)cc(OC)c1OC. The fraction of sp³-hybridized carbons (Fsp3) is 0.300. The molecule has 1 amide bonds. The molecule has 1 atom stereocenters. The third kappa shape index (κ3) is 5.76. The highest BCUT2D eigenvalue weighted by atomic mass is 32.2. The van der Waals surface area contributed by atoms with Crippen molar-refractivity contribution in [3.8, 4) is 23.3 Å². The van der Waals surface area contributed by atoms with Gasteiger partial charge in [-0.25, -0.2) is 0 Å². The molecule has 3 aromatic rings. The van der Waals surface area contributed by atoms with Crippen LogP contribution < -0.4 is 30.2 Å². The van der Waals surface area contributed by atoms with Gasteiger partial charge in [0.2, 0.25) is 16.8 Å². The minimum Gasteiger partial charge on any atom is -0.493 e. The quantitative estimate of drug-likeness (QED) is 0.315. The smallest absolute Gasteiger partial charge is 0.234 e. The molecule has 11 nitrogen and oxygen atoms in total. The highest BCUT2D eigenvalue weighted by Crippen LogP contribution is 2.47. The Kier molecular flexibility index (Phi) is 8.89. The highest BCUT2D eigenvalue weighted by Gasteiger charge is 2.41. The molecule has 0 spiro atoms. The number of benzene rings is 2. The van der Waals surface area contributed by atoms with Crippen molar-refractivity contribution in [3.05, 3.63) is 70.2 Å². The predicted octanol–water partition coefficient (Wildman–Crippen LogP) is 4.91. The number of ether oxygens (including phenoxy) is 3. The van der Waals surface area contributed by atoms with Crippen molar-refractivity contribution in [1.29, 1.82) is 5.26 Å². The molecular formula is C30H30N6O5S2. The van der Waals surface area contributed by atoms with Crippen molar-refractivity contribution in [1.82, 2.24) is 10.2 Å². The minimum atomic E-state index is -0.536. The van der Waals surface area contributed by atoms with Crippen molar-refractivity contribution in [2.45, 2.75) is 36.4 Å². The number of thioether (sulfide) groups is 1. The number of allylic oxidation sites excluding steroid dienone is 3. The molecule has 0 radical (unpaired) electrons. The zero-order chi connectivity index (χ0) is 30.7. The first kappa shape index (κ1) is 29.9. The number of rotatable bonds is 9. The van der Waals surface area contributed by atoms with Crippen LogP contribution in [0, 0.1) is 18.3 Å². The summed E-state index contributed by atoms with van der Waals surface area (Å²) >= 11 is 2.45. The van der Waals surface area contributed by atoms with Gasteiger partial charge in [0.1, 0.15) is 5.82 Å². The molecule has 222 valence electrons. The lowest BCUT2D eigenvalue weighted by molar-refractivity contribution is -0.116. The molecule has 1 aliphatic heterocycles. The summed E-state index contributed by atoms with van der Waals surface area (Å²) in [7, 11) is 4.51. The van der Waals surface area contributed by atoms with Crippen LogP contribution in [0.2, 0.25) is 0 Å². The molecule has 0 saturated heterocycles. The molecule has 5 rings (SSSR count). The topological polar surface area (TPSA) is 153 Å². The number of Topliss-reactive ketones (excluding diaryl/α,β-unsaturated/α-hetero) is 1. The van der Waals surface area contributed by atoms with Crippen LogP contribution in [0.5, 0.6) is 17.2 Å². The van der Waals surface area contributed by atoms with E-state index in [1.165, 1.54) is 44.4 Å². The molecule has 13 heteroatoms. The summed E-state index contributed by atoms with van der Waals surface area (Å²) in [6.45, 7) is 1.96. The van der Waals surface area contributed by atoms with Gasteiger partial charge in [0.25, 0.3) is 0 Å². The Balaban J connectivity index is 1.38. The Morgan fingerprint density at radius 3 is 2.53 bits per heavy atom. The van der Waals surface area contributed by atoms with Crippen LogP contribution in [-0.2, 0) is 9.59 Å². The van der Waals surface area contributed by atoms with Gasteiger partial charge < -0.3 is 25.3 Å². The lowest BCUT2D eigenvalue weighted by Gasteiger charge is -2.38.